The van der Waals surface area contributed by atoms with Crippen LogP contribution in [-0.4, -0.2) is 4.98 Å². The molecule has 23 heavy (non-hydrogen) atoms. The lowest BCUT2D eigenvalue weighted by molar-refractivity contribution is 0.660. The second-order valence-corrected chi connectivity index (χ2v) is 7.15. The molecule has 1 aliphatic rings. The van der Waals surface area contributed by atoms with Crippen LogP contribution in [0.4, 0.5) is 0 Å². The van der Waals surface area contributed by atoms with Gasteiger partial charge in [-0.3, -0.25) is 4.98 Å². The Balaban J connectivity index is 1.92. The predicted molar refractivity (Wildman–Crippen MR) is 96.7 cm³/mol. The summed E-state index contributed by atoms with van der Waals surface area (Å²) in [6.07, 6.45) is 1.89. The van der Waals surface area contributed by atoms with E-state index in [1.54, 1.807) is 0 Å². The van der Waals surface area contributed by atoms with Crippen LogP contribution in [0.2, 0.25) is 0 Å². The van der Waals surface area contributed by atoms with E-state index in [0.717, 1.165) is 5.69 Å². The lowest BCUT2D eigenvalue weighted by Crippen LogP contribution is -2.15. The molecule has 0 fully saturated rings. The summed E-state index contributed by atoms with van der Waals surface area (Å²) in [6.45, 7) is 8.93. The molecular formula is C22H21N. The zero-order valence-corrected chi connectivity index (χ0v) is 14.1. The molecular weight excluding hydrogens is 278 g/mol. The summed E-state index contributed by atoms with van der Waals surface area (Å²) in [5.74, 6) is 0. The van der Waals surface area contributed by atoms with Gasteiger partial charge in [-0.25, -0.2) is 0 Å². The molecule has 0 bridgehead atoms. The van der Waals surface area contributed by atoms with Crippen LogP contribution >= 0.6 is 0 Å². The topological polar surface area (TPSA) is 12.9 Å². The van der Waals surface area contributed by atoms with E-state index in [0.29, 0.717) is 0 Å². The molecule has 3 aromatic rings. The highest BCUT2D eigenvalue weighted by Gasteiger charge is 2.35. The Kier molecular flexibility index (Phi) is 2.96. The third-order valence-electron chi connectivity index (χ3n) is 5.04. The van der Waals surface area contributed by atoms with E-state index >= 15 is 0 Å². The van der Waals surface area contributed by atoms with Crippen molar-refractivity contribution in [3.63, 3.8) is 0 Å². The Morgan fingerprint density at radius 3 is 2.13 bits per heavy atom. The molecule has 0 unspecified atom stereocenters. The first-order chi connectivity index (χ1) is 11.0. The second kappa shape index (κ2) is 4.79. The van der Waals surface area contributed by atoms with E-state index in [4.69, 9.17) is 0 Å². The smallest absolute Gasteiger partial charge is 0.0704 e. The maximum Gasteiger partial charge on any atom is 0.0704 e. The van der Waals surface area contributed by atoms with Crippen LogP contribution < -0.4 is 0 Å². The lowest BCUT2D eigenvalue weighted by Gasteiger charge is -2.22. The van der Waals surface area contributed by atoms with Crippen molar-refractivity contribution in [2.24, 2.45) is 0 Å². The largest absolute Gasteiger partial charge is 0.256 e. The number of nitrogens with zero attached hydrogens (tertiary/aromatic N) is 1. The number of benzene rings is 2. The quantitative estimate of drug-likeness (QED) is 0.564. The fraction of sp³-hybridized carbons (Fsp3) is 0.227. The van der Waals surface area contributed by atoms with Crippen molar-refractivity contribution >= 4 is 0 Å². The molecule has 1 heterocycles. The number of rotatable bonds is 1. The molecule has 0 N–H and O–H groups in total. The van der Waals surface area contributed by atoms with Gasteiger partial charge in [0.15, 0.2) is 0 Å². The van der Waals surface area contributed by atoms with Crippen molar-refractivity contribution in [2.45, 2.75) is 33.1 Å². The van der Waals surface area contributed by atoms with Crippen LogP contribution in [0, 0.1) is 13.8 Å². The molecule has 114 valence electrons. The summed E-state index contributed by atoms with van der Waals surface area (Å²) in [4.78, 5) is 4.55. The standard InChI is InChI=1S/C22H21N/c1-14-5-7-17-18-8-6-16(21-12-15(2)9-10-23-21)13-20(18)22(3,4)19(17)11-14/h5-13H,1-4H3. The molecule has 1 heteroatoms. The summed E-state index contributed by atoms with van der Waals surface area (Å²) < 4.78 is 0. The first-order valence-electron chi connectivity index (χ1n) is 8.16. The lowest BCUT2D eigenvalue weighted by atomic mass is 9.81. The van der Waals surface area contributed by atoms with E-state index in [-0.39, 0.29) is 5.41 Å². The van der Waals surface area contributed by atoms with Gasteiger partial charge in [0.25, 0.3) is 0 Å². The van der Waals surface area contributed by atoms with Crippen molar-refractivity contribution in [3.05, 3.63) is 77.0 Å². The molecule has 0 radical (unpaired) electrons. The highest BCUT2D eigenvalue weighted by molar-refractivity contribution is 5.83. The average Bonchev–Trinajstić information content (AvgIpc) is 2.75. The molecule has 0 aliphatic heterocycles. The van der Waals surface area contributed by atoms with Crippen LogP contribution in [0.3, 0.4) is 0 Å². The zero-order valence-electron chi connectivity index (χ0n) is 14.1. The molecule has 1 nitrogen and oxygen atoms in total. The first kappa shape index (κ1) is 14.2. The van der Waals surface area contributed by atoms with Gasteiger partial charge >= 0.3 is 0 Å². The van der Waals surface area contributed by atoms with E-state index in [2.05, 4.69) is 75.1 Å². The third kappa shape index (κ3) is 2.11. The molecule has 1 aromatic heterocycles. The predicted octanol–water partition coefficient (Wildman–Crippen LogP) is 5.67. The highest BCUT2D eigenvalue weighted by atomic mass is 14.7. The summed E-state index contributed by atoms with van der Waals surface area (Å²) in [5.41, 5.74) is 10.4. The number of hydrogen-bond acceptors (Lipinski definition) is 1. The average molecular weight is 299 g/mol. The Hall–Kier alpha value is -2.41. The SMILES string of the molecule is Cc1ccnc(-c2ccc3c(c2)C(C)(C)c2cc(C)ccc2-3)c1. The maximum atomic E-state index is 4.55. The van der Waals surface area contributed by atoms with Gasteiger partial charge in [-0.15, -0.1) is 0 Å². The summed E-state index contributed by atoms with van der Waals surface area (Å²) in [6, 6.07) is 17.8. The fourth-order valence-corrected chi connectivity index (χ4v) is 3.70. The van der Waals surface area contributed by atoms with Crippen LogP contribution in [0.5, 0.6) is 0 Å². The van der Waals surface area contributed by atoms with Crippen LogP contribution in [0.1, 0.15) is 36.1 Å². The van der Waals surface area contributed by atoms with Crippen molar-refractivity contribution < 1.29 is 0 Å². The minimum absolute atomic E-state index is 0.0382. The molecule has 2 aromatic carbocycles. The number of aryl methyl sites for hydroxylation is 2. The van der Waals surface area contributed by atoms with E-state index in [1.807, 2.05) is 12.3 Å². The van der Waals surface area contributed by atoms with Gasteiger partial charge in [-0.05, 0) is 59.9 Å². The summed E-state index contributed by atoms with van der Waals surface area (Å²) in [5, 5.41) is 0. The summed E-state index contributed by atoms with van der Waals surface area (Å²) >= 11 is 0. The van der Waals surface area contributed by atoms with E-state index in [9.17, 15) is 0 Å². The van der Waals surface area contributed by atoms with Gasteiger partial charge in [0, 0.05) is 17.2 Å². The monoisotopic (exact) mass is 299 g/mol. The molecule has 0 atom stereocenters. The van der Waals surface area contributed by atoms with Gasteiger partial charge < -0.3 is 0 Å². The zero-order chi connectivity index (χ0) is 16.2. The molecule has 0 spiro atoms. The van der Waals surface area contributed by atoms with Gasteiger partial charge in [0.2, 0.25) is 0 Å². The fourth-order valence-electron chi connectivity index (χ4n) is 3.70. The van der Waals surface area contributed by atoms with Crippen molar-refractivity contribution in [1.82, 2.24) is 4.98 Å². The van der Waals surface area contributed by atoms with Crippen LogP contribution in [0.15, 0.2) is 54.7 Å². The Morgan fingerprint density at radius 2 is 1.39 bits per heavy atom. The van der Waals surface area contributed by atoms with Gasteiger partial charge in [0.1, 0.15) is 0 Å². The number of aromatic nitrogens is 1. The Morgan fingerprint density at radius 1 is 0.739 bits per heavy atom. The first-order valence-corrected chi connectivity index (χ1v) is 8.16. The van der Waals surface area contributed by atoms with Crippen molar-refractivity contribution in [1.29, 1.82) is 0 Å². The Bertz CT molecular complexity index is 919. The van der Waals surface area contributed by atoms with Crippen LogP contribution in [0.25, 0.3) is 22.4 Å². The normalized spacial score (nSPS) is 14.4. The van der Waals surface area contributed by atoms with Crippen molar-refractivity contribution in [2.75, 3.05) is 0 Å². The minimum atomic E-state index is 0.0382. The van der Waals surface area contributed by atoms with Gasteiger partial charge in [-0.2, -0.15) is 0 Å². The molecule has 4 rings (SSSR count). The molecule has 1 aliphatic carbocycles. The number of pyridine rings is 1. The Labute approximate surface area is 138 Å². The summed E-state index contributed by atoms with van der Waals surface area (Å²) in [7, 11) is 0. The molecule has 0 amide bonds. The highest BCUT2D eigenvalue weighted by Crippen LogP contribution is 2.49. The van der Waals surface area contributed by atoms with E-state index < -0.39 is 0 Å². The third-order valence-corrected chi connectivity index (χ3v) is 5.04. The van der Waals surface area contributed by atoms with Gasteiger partial charge in [-0.1, -0.05) is 49.7 Å². The van der Waals surface area contributed by atoms with E-state index in [1.165, 1.54) is 38.9 Å². The minimum Gasteiger partial charge on any atom is -0.256 e. The second-order valence-electron chi connectivity index (χ2n) is 7.15. The molecule has 0 saturated heterocycles. The van der Waals surface area contributed by atoms with Crippen molar-refractivity contribution in [3.8, 4) is 22.4 Å². The number of hydrogen-bond donors (Lipinski definition) is 0. The van der Waals surface area contributed by atoms with Crippen LogP contribution in [-0.2, 0) is 5.41 Å². The number of fused-ring (bicyclic) bond motifs is 3. The molecule has 0 saturated carbocycles. The maximum absolute atomic E-state index is 4.55. The van der Waals surface area contributed by atoms with Gasteiger partial charge in [0.05, 0.1) is 5.69 Å².